The topological polar surface area (TPSA) is 99.9 Å². The zero-order valence-electron chi connectivity index (χ0n) is 21.4. The van der Waals surface area contributed by atoms with E-state index in [2.05, 4.69) is 19.6 Å². The van der Waals surface area contributed by atoms with E-state index in [1.54, 1.807) is 43.5 Å². The summed E-state index contributed by atoms with van der Waals surface area (Å²) in [6.45, 7) is 9.06. The molecule has 0 aliphatic carbocycles. The summed E-state index contributed by atoms with van der Waals surface area (Å²) in [5.41, 5.74) is 1.46. The van der Waals surface area contributed by atoms with E-state index in [4.69, 9.17) is 19.2 Å². The van der Waals surface area contributed by atoms with Crippen molar-refractivity contribution in [2.75, 3.05) is 19.6 Å². The second-order valence-corrected chi connectivity index (χ2v) is 17.5. The van der Waals surface area contributed by atoms with Crippen LogP contribution in [0.4, 0.5) is 0 Å². The zero-order chi connectivity index (χ0) is 26.0. The van der Waals surface area contributed by atoms with Crippen molar-refractivity contribution in [3.63, 3.8) is 0 Å². The SMILES string of the molecule is CC[C@@]1(O)CC(=O)Oc2c1cc1n(c2=O)Cc2c-1nc1cc(OC)c(OC)cc1c2SC[Si](C)(C)C. The van der Waals surface area contributed by atoms with Gasteiger partial charge >= 0.3 is 5.97 Å². The molecule has 0 saturated carbocycles. The molecule has 4 heterocycles. The number of ether oxygens (including phenoxy) is 3. The molecule has 190 valence electrons. The van der Waals surface area contributed by atoms with Gasteiger partial charge < -0.3 is 19.3 Å². The number of hydrogen-bond donors (Lipinski definition) is 1. The number of methoxy groups -OCH3 is 2. The van der Waals surface area contributed by atoms with Crippen LogP contribution in [-0.4, -0.2) is 48.3 Å². The molecule has 5 rings (SSSR count). The lowest BCUT2D eigenvalue weighted by atomic mass is 9.85. The van der Waals surface area contributed by atoms with Gasteiger partial charge in [0.05, 0.1) is 52.2 Å². The van der Waals surface area contributed by atoms with Gasteiger partial charge in [0.25, 0.3) is 5.56 Å². The number of carbonyl (C=O) groups excluding carboxylic acids is 1. The fourth-order valence-corrected chi connectivity index (χ4v) is 7.76. The molecule has 1 atom stereocenters. The molecule has 2 aliphatic heterocycles. The van der Waals surface area contributed by atoms with E-state index >= 15 is 0 Å². The van der Waals surface area contributed by atoms with Crippen LogP contribution in [0.15, 0.2) is 27.9 Å². The summed E-state index contributed by atoms with van der Waals surface area (Å²) in [7, 11) is 1.78. The second kappa shape index (κ2) is 8.64. The molecule has 0 spiro atoms. The molecule has 0 bridgehead atoms. The molecule has 2 aliphatic rings. The standard InChI is InChI=1S/C26H30N2O6SSi/c1-7-26(31)11-21(29)34-23-16(26)9-18-22-15(12-28(18)25(23)30)24(35-13-36(4,5)6)14-8-19(32-2)20(33-3)10-17(14)27-22/h8-10,31H,7,11-13H2,1-6H3/t26-/m1/s1. The summed E-state index contributed by atoms with van der Waals surface area (Å²) in [6, 6.07) is 5.57. The molecule has 0 unspecified atom stereocenters. The summed E-state index contributed by atoms with van der Waals surface area (Å²) < 4.78 is 18.1. The predicted molar refractivity (Wildman–Crippen MR) is 142 cm³/mol. The van der Waals surface area contributed by atoms with Crippen molar-refractivity contribution in [1.29, 1.82) is 0 Å². The molecular weight excluding hydrogens is 496 g/mol. The number of hydrogen-bond acceptors (Lipinski definition) is 8. The Bertz CT molecular complexity index is 1480. The Balaban J connectivity index is 1.79. The van der Waals surface area contributed by atoms with E-state index in [1.807, 2.05) is 12.1 Å². The molecule has 3 aromatic rings. The maximum atomic E-state index is 13.6. The Labute approximate surface area is 214 Å². The maximum Gasteiger partial charge on any atom is 0.314 e. The van der Waals surface area contributed by atoms with Crippen LogP contribution in [0, 0.1) is 0 Å². The number of aromatic nitrogens is 2. The Morgan fingerprint density at radius 1 is 1.17 bits per heavy atom. The van der Waals surface area contributed by atoms with Crippen molar-refractivity contribution in [2.45, 2.75) is 56.4 Å². The van der Waals surface area contributed by atoms with Crippen LogP contribution in [0.5, 0.6) is 17.2 Å². The third-order valence-electron chi connectivity index (χ3n) is 6.74. The van der Waals surface area contributed by atoms with E-state index in [-0.39, 0.29) is 18.6 Å². The molecule has 1 aromatic carbocycles. The predicted octanol–water partition coefficient (Wildman–Crippen LogP) is 4.32. The fraction of sp³-hybridized carbons (Fsp3) is 0.423. The summed E-state index contributed by atoms with van der Waals surface area (Å²) in [5, 5.41) is 13.2. The number of carbonyl (C=O) groups is 1. The molecule has 0 amide bonds. The Morgan fingerprint density at radius 3 is 2.50 bits per heavy atom. The molecule has 0 saturated heterocycles. The largest absolute Gasteiger partial charge is 0.493 e. The second-order valence-electron chi connectivity index (χ2n) is 10.5. The van der Waals surface area contributed by atoms with Crippen LogP contribution < -0.4 is 19.8 Å². The highest BCUT2D eigenvalue weighted by atomic mass is 32.2. The number of nitrogens with zero attached hydrogens (tertiary/aromatic N) is 2. The zero-order valence-corrected chi connectivity index (χ0v) is 23.2. The average Bonchev–Trinajstić information content (AvgIpc) is 3.19. The average molecular weight is 527 g/mol. The van der Waals surface area contributed by atoms with Crippen molar-refractivity contribution in [1.82, 2.24) is 9.55 Å². The Hall–Kier alpha value is -2.82. The van der Waals surface area contributed by atoms with Crippen LogP contribution in [-0.2, 0) is 16.9 Å². The molecule has 0 radical (unpaired) electrons. The third kappa shape index (κ3) is 3.91. The molecule has 0 fully saturated rings. The van der Waals surface area contributed by atoms with Crippen molar-refractivity contribution in [3.05, 3.63) is 39.7 Å². The minimum atomic E-state index is -1.45. The summed E-state index contributed by atoms with van der Waals surface area (Å²) >= 11 is 1.78. The lowest BCUT2D eigenvalue weighted by Gasteiger charge is -2.32. The number of esters is 1. The van der Waals surface area contributed by atoms with Gasteiger partial charge in [0.2, 0.25) is 5.75 Å². The molecule has 36 heavy (non-hydrogen) atoms. The highest BCUT2D eigenvalue weighted by Gasteiger charge is 2.42. The molecule has 10 heteroatoms. The van der Waals surface area contributed by atoms with E-state index < -0.39 is 25.2 Å². The van der Waals surface area contributed by atoms with Crippen molar-refractivity contribution >= 4 is 36.7 Å². The number of rotatable bonds is 6. The number of benzene rings is 1. The third-order valence-corrected chi connectivity index (χ3v) is 11.5. The van der Waals surface area contributed by atoms with Gasteiger partial charge in [-0.3, -0.25) is 14.2 Å². The monoisotopic (exact) mass is 526 g/mol. The molecule has 2 aromatic heterocycles. The number of thioether (sulfide) groups is 1. The van der Waals surface area contributed by atoms with E-state index in [0.717, 1.165) is 26.7 Å². The minimum Gasteiger partial charge on any atom is -0.493 e. The highest BCUT2D eigenvalue weighted by Crippen LogP contribution is 2.46. The minimum absolute atomic E-state index is 0.0867. The lowest BCUT2D eigenvalue weighted by molar-refractivity contribution is -0.143. The van der Waals surface area contributed by atoms with Gasteiger partial charge in [0, 0.05) is 27.5 Å². The Kier molecular flexibility index (Phi) is 5.96. The van der Waals surface area contributed by atoms with Crippen LogP contribution in [0.1, 0.15) is 30.9 Å². The van der Waals surface area contributed by atoms with Gasteiger partial charge in [-0.05, 0) is 23.9 Å². The van der Waals surface area contributed by atoms with Crippen LogP contribution in [0.3, 0.4) is 0 Å². The number of aliphatic hydroxyl groups is 1. The van der Waals surface area contributed by atoms with Gasteiger partial charge in [-0.1, -0.05) is 26.6 Å². The smallest absolute Gasteiger partial charge is 0.314 e. The number of pyridine rings is 2. The van der Waals surface area contributed by atoms with E-state index in [0.29, 0.717) is 35.0 Å². The van der Waals surface area contributed by atoms with Crippen molar-refractivity contribution < 1.29 is 24.1 Å². The van der Waals surface area contributed by atoms with Gasteiger partial charge in [0.15, 0.2) is 11.5 Å². The summed E-state index contributed by atoms with van der Waals surface area (Å²) in [6.07, 6.45) is 0.0933. The normalized spacial score (nSPS) is 18.5. The first-order chi connectivity index (χ1) is 17.0. The fourth-order valence-electron chi connectivity index (χ4n) is 4.80. The van der Waals surface area contributed by atoms with Gasteiger partial charge in [-0.25, -0.2) is 4.98 Å². The van der Waals surface area contributed by atoms with Gasteiger partial charge in [0.1, 0.15) is 5.60 Å². The first kappa shape index (κ1) is 24.9. The van der Waals surface area contributed by atoms with Gasteiger partial charge in [-0.15, -0.1) is 11.8 Å². The van der Waals surface area contributed by atoms with E-state index in [9.17, 15) is 14.7 Å². The summed E-state index contributed by atoms with van der Waals surface area (Å²) in [5.74, 6) is 0.502. The lowest BCUT2D eigenvalue weighted by Crippen LogP contribution is -2.39. The maximum absolute atomic E-state index is 13.6. The quantitative estimate of drug-likeness (QED) is 0.225. The molecular formula is C26H30N2O6SSi. The summed E-state index contributed by atoms with van der Waals surface area (Å²) in [4.78, 5) is 31.8. The molecule has 1 N–H and O–H groups in total. The Morgan fingerprint density at radius 2 is 1.86 bits per heavy atom. The number of fused-ring (bicyclic) bond motifs is 5. The van der Waals surface area contributed by atoms with Crippen LogP contribution >= 0.6 is 11.8 Å². The molecule has 8 nitrogen and oxygen atoms in total. The van der Waals surface area contributed by atoms with Crippen LogP contribution in [0.25, 0.3) is 22.3 Å². The first-order valence-corrected chi connectivity index (χ1v) is 16.6. The van der Waals surface area contributed by atoms with Gasteiger partial charge in [-0.2, -0.15) is 0 Å². The van der Waals surface area contributed by atoms with E-state index in [1.165, 1.54) is 0 Å². The van der Waals surface area contributed by atoms with Crippen molar-refractivity contribution in [2.24, 2.45) is 0 Å². The van der Waals surface area contributed by atoms with Crippen molar-refractivity contribution in [3.8, 4) is 28.6 Å². The first-order valence-electron chi connectivity index (χ1n) is 11.9. The highest BCUT2D eigenvalue weighted by molar-refractivity contribution is 8.01. The van der Waals surface area contributed by atoms with Crippen LogP contribution in [0.2, 0.25) is 19.6 Å².